The molecule has 1 fully saturated rings. The van der Waals surface area contributed by atoms with Gasteiger partial charge in [-0.2, -0.15) is 4.98 Å². The molecule has 13 nitrogen and oxygen atoms in total. The number of phosphoric ester groups is 1. The van der Waals surface area contributed by atoms with Crippen molar-refractivity contribution in [3.8, 4) is 23.0 Å². The Morgan fingerprint density at radius 1 is 1.02 bits per heavy atom. The third-order valence-corrected chi connectivity index (χ3v) is 7.35. The van der Waals surface area contributed by atoms with Gasteiger partial charge in [0.1, 0.15) is 35.2 Å². The molecule has 2 aromatic carbocycles. The zero-order chi connectivity index (χ0) is 29.9. The number of nitrogen functional groups attached to an aromatic ring is 1. The van der Waals surface area contributed by atoms with Crippen molar-refractivity contribution in [2.75, 3.05) is 26.6 Å². The number of nitrogens with two attached hydrogens (primary N) is 1. The second kappa shape index (κ2) is 12.0. The number of phosphoric acid groups is 1. The maximum absolute atomic E-state index is 14.5. The summed E-state index contributed by atoms with van der Waals surface area (Å²) in [5.41, 5.74) is 0.886. The molecule has 3 aromatic rings. The van der Waals surface area contributed by atoms with Crippen LogP contribution in [0.4, 0.5) is 19.0 Å². The minimum absolute atomic E-state index is 0.0745. The second-order valence-corrected chi connectivity index (χ2v) is 10.1. The van der Waals surface area contributed by atoms with E-state index >= 15 is 0 Å². The third-order valence-electron chi connectivity index (χ3n) is 6.04. The third kappa shape index (κ3) is 6.26. The van der Waals surface area contributed by atoms with Crippen molar-refractivity contribution in [1.29, 1.82) is 0 Å². The smallest absolute Gasteiger partial charge is 0.497 e. The number of methoxy groups -OCH3 is 2. The van der Waals surface area contributed by atoms with Crippen molar-refractivity contribution in [3.63, 3.8) is 0 Å². The van der Waals surface area contributed by atoms with Crippen LogP contribution in [-0.2, 0) is 13.8 Å². The lowest BCUT2D eigenvalue weighted by Crippen LogP contribution is -2.52. The van der Waals surface area contributed by atoms with Crippen LogP contribution < -0.4 is 29.9 Å². The van der Waals surface area contributed by atoms with Crippen LogP contribution >= 0.6 is 7.82 Å². The van der Waals surface area contributed by atoms with E-state index in [0.29, 0.717) is 22.3 Å². The van der Waals surface area contributed by atoms with Gasteiger partial charge in [-0.05, 0) is 48.5 Å². The van der Waals surface area contributed by atoms with Crippen molar-refractivity contribution in [2.45, 2.75) is 30.5 Å². The van der Waals surface area contributed by atoms with Crippen LogP contribution in [-0.4, -0.2) is 64.8 Å². The van der Waals surface area contributed by atoms with Gasteiger partial charge < -0.3 is 39.2 Å². The van der Waals surface area contributed by atoms with Crippen molar-refractivity contribution in [1.82, 2.24) is 9.55 Å². The number of rotatable bonds is 11. The quantitative estimate of drug-likeness (QED) is 0.274. The van der Waals surface area contributed by atoms with Crippen LogP contribution in [0.3, 0.4) is 0 Å². The topological polar surface area (TPSA) is 174 Å². The zero-order valence-electron chi connectivity index (χ0n) is 21.4. The summed E-state index contributed by atoms with van der Waals surface area (Å²) in [5, 5.41) is 21.1. The Morgan fingerprint density at radius 3 is 1.98 bits per heavy atom. The van der Waals surface area contributed by atoms with E-state index in [-0.39, 0.29) is 11.5 Å². The van der Waals surface area contributed by atoms with E-state index in [1.54, 1.807) is 0 Å². The number of hydrogen-bond donors (Lipinski definition) is 3. The summed E-state index contributed by atoms with van der Waals surface area (Å²) in [6.45, 7) is -1.39. The van der Waals surface area contributed by atoms with Crippen molar-refractivity contribution < 1.29 is 55.7 Å². The highest BCUT2D eigenvalue weighted by Crippen LogP contribution is 2.52. The molecular weight excluding hydrogens is 578 g/mol. The molecule has 222 valence electrons. The summed E-state index contributed by atoms with van der Waals surface area (Å²) in [7, 11) is -2.02. The Bertz CT molecular complexity index is 1410. The number of aromatic nitrogens is 2. The van der Waals surface area contributed by atoms with Crippen LogP contribution in [0.2, 0.25) is 0 Å². The average Bonchev–Trinajstić information content (AvgIpc) is 3.21. The van der Waals surface area contributed by atoms with E-state index in [2.05, 4.69) is 4.98 Å². The molecule has 0 aliphatic carbocycles. The molecule has 0 amide bonds. The van der Waals surface area contributed by atoms with Crippen LogP contribution in [0.15, 0.2) is 59.5 Å². The van der Waals surface area contributed by atoms with Crippen LogP contribution in [0, 0.1) is 5.82 Å². The summed E-state index contributed by atoms with van der Waals surface area (Å²) in [4.78, 5) is 15.4. The van der Waals surface area contributed by atoms with Crippen molar-refractivity contribution in [3.05, 3.63) is 71.0 Å². The summed E-state index contributed by atoms with van der Waals surface area (Å²) in [5.74, 6) is -1.30. The normalized spacial score (nSPS) is 22.5. The maximum Gasteiger partial charge on any atom is 0.587 e. The highest BCUT2D eigenvalue weighted by molar-refractivity contribution is 7.49. The van der Waals surface area contributed by atoms with Crippen molar-refractivity contribution >= 4 is 13.6 Å². The second-order valence-electron chi connectivity index (χ2n) is 8.62. The van der Waals surface area contributed by atoms with Gasteiger partial charge in [0.05, 0.1) is 27.0 Å². The van der Waals surface area contributed by atoms with Gasteiger partial charge in [0, 0.05) is 0 Å². The Morgan fingerprint density at radius 2 is 1.51 bits per heavy atom. The molecule has 2 heterocycles. The lowest BCUT2D eigenvalue weighted by atomic mass is 9.96. The van der Waals surface area contributed by atoms with E-state index in [0.717, 1.165) is 0 Å². The first-order chi connectivity index (χ1) is 19.4. The standard InChI is InChI=1S/C24H25F3N3O10P/c1-35-13-3-7-15(8-4-13)39-41(34,40-16-9-5-14(36-2)6-10-16)37-12-24(22(26)27)19(32)18(31)21(38-24)30-11-17(25)20(28)29-23(30)33/h3-11,18-19,21-22,31-32H,12H2,1-2H3,(H2,28,29,33)/t18?,19?,21-,24-/m1/s1. The van der Waals surface area contributed by atoms with Gasteiger partial charge in [0.25, 0.3) is 6.43 Å². The number of alkyl halides is 2. The number of aliphatic hydroxyl groups is 2. The van der Waals surface area contributed by atoms with Gasteiger partial charge in [0.2, 0.25) is 0 Å². The molecule has 41 heavy (non-hydrogen) atoms. The number of benzene rings is 2. The zero-order valence-corrected chi connectivity index (χ0v) is 22.3. The number of hydrogen-bond acceptors (Lipinski definition) is 12. The minimum atomic E-state index is -4.85. The van der Waals surface area contributed by atoms with Crippen LogP contribution in [0.1, 0.15) is 6.23 Å². The molecule has 0 saturated carbocycles. The number of nitrogens with zero attached hydrogens (tertiary/aromatic N) is 2. The predicted octanol–water partition coefficient (Wildman–Crippen LogP) is 2.52. The first-order valence-corrected chi connectivity index (χ1v) is 13.2. The Balaban J connectivity index is 1.65. The van der Waals surface area contributed by atoms with Gasteiger partial charge in [-0.25, -0.2) is 22.5 Å². The highest BCUT2D eigenvalue weighted by atomic mass is 31.2. The molecule has 1 aliphatic heterocycles. The van der Waals surface area contributed by atoms with Gasteiger partial charge in [-0.15, -0.1) is 0 Å². The average molecular weight is 603 g/mol. The molecule has 0 spiro atoms. The summed E-state index contributed by atoms with van der Waals surface area (Å²) < 4.78 is 88.5. The van der Waals surface area contributed by atoms with Gasteiger partial charge >= 0.3 is 13.5 Å². The number of ether oxygens (including phenoxy) is 3. The van der Waals surface area contributed by atoms with Gasteiger partial charge in [0.15, 0.2) is 23.5 Å². The largest absolute Gasteiger partial charge is 0.587 e. The van der Waals surface area contributed by atoms with Gasteiger partial charge in [-0.3, -0.25) is 9.09 Å². The Hall–Kier alpha value is -3.82. The summed E-state index contributed by atoms with van der Waals surface area (Å²) in [6, 6.07) is 11.2. The molecule has 0 bridgehead atoms. The summed E-state index contributed by atoms with van der Waals surface area (Å²) in [6.07, 6.45) is -9.83. The van der Waals surface area contributed by atoms with E-state index < -0.39 is 62.2 Å². The number of aliphatic hydroxyl groups excluding tert-OH is 2. The molecule has 1 aromatic heterocycles. The molecule has 4 rings (SSSR count). The minimum Gasteiger partial charge on any atom is -0.497 e. The fraction of sp³-hybridized carbons (Fsp3) is 0.333. The van der Waals surface area contributed by atoms with E-state index in [1.165, 1.54) is 62.8 Å². The molecule has 4 N–H and O–H groups in total. The molecule has 1 saturated heterocycles. The van der Waals surface area contributed by atoms with E-state index in [9.17, 15) is 32.7 Å². The molecule has 17 heteroatoms. The van der Waals surface area contributed by atoms with Crippen LogP contribution in [0.5, 0.6) is 23.0 Å². The number of anilines is 1. The predicted molar refractivity (Wildman–Crippen MR) is 135 cm³/mol. The molecule has 4 atom stereocenters. The highest BCUT2D eigenvalue weighted by Gasteiger charge is 2.62. The summed E-state index contributed by atoms with van der Waals surface area (Å²) >= 11 is 0. The Kier molecular flexibility index (Phi) is 8.80. The molecular formula is C24H25F3N3O10P. The first-order valence-electron chi connectivity index (χ1n) is 11.7. The first kappa shape index (κ1) is 30.1. The van der Waals surface area contributed by atoms with E-state index in [1.807, 2.05) is 0 Å². The van der Waals surface area contributed by atoms with Crippen LogP contribution in [0.25, 0.3) is 0 Å². The van der Waals surface area contributed by atoms with Crippen molar-refractivity contribution in [2.24, 2.45) is 0 Å². The fourth-order valence-corrected chi connectivity index (χ4v) is 5.08. The lowest BCUT2D eigenvalue weighted by molar-refractivity contribution is -0.193. The SMILES string of the molecule is COc1ccc(OP(=O)(OC[C@@]2(C(F)F)O[C@@H](n3cc(F)c(N)nc3=O)C(O)C2O)Oc2ccc(OC)cc2)cc1. The monoisotopic (exact) mass is 603 g/mol. The Labute approximate surface area is 230 Å². The van der Waals surface area contributed by atoms with Gasteiger partial charge in [-0.1, -0.05) is 0 Å². The molecule has 2 unspecified atom stereocenters. The molecule has 0 radical (unpaired) electrons. The van der Waals surface area contributed by atoms with E-state index in [4.69, 9.17) is 33.5 Å². The lowest BCUT2D eigenvalue weighted by Gasteiger charge is -2.31. The maximum atomic E-state index is 14.5. The fourth-order valence-electron chi connectivity index (χ4n) is 3.82. The number of halogens is 3. The molecule has 1 aliphatic rings.